The first kappa shape index (κ1) is 29.1. The number of nitrogens with zero attached hydrogens (tertiary/aromatic N) is 6. The average Bonchev–Trinajstić information content (AvgIpc) is 3.59. The second-order valence-electron chi connectivity index (χ2n) is 11.3. The van der Waals surface area contributed by atoms with Crippen molar-refractivity contribution in [3.8, 4) is 16.3 Å². The van der Waals surface area contributed by atoms with Crippen molar-refractivity contribution in [3.63, 3.8) is 0 Å². The summed E-state index contributed by atoms with van der Waals surface area (Å²) >= 11 is 0.996. The van der Waals surface area contributed by atoms with E-state index in [9.17, 15) is 37.1 Å². The van der Waals surface area contributed by atoms with Crippen LogP contribution in [0.3, 0.4) is 0 Å². The molecule has 1 saturated carbocycles. The molecule has 3 aromatic rings. The van der Waals surface area contributed by atoms with Gasteiger partial charge in [0.1, 0.15) is 22.3 Å². The number of pyridine rings is 1. The van der Waals surface area contributed by atoms with Crippen LogP contribution < -0.4 is 10.4 Å². The van der Waals surface area contributed by atoms with Gasteiger partial charge >= 0.3 is 0 Å². The first-order chi connectivity index (χ1) is 20.3. The van der Waals surface area contributed by atoms with Gasteiger partial charge in [-0.2, -0.15) is 0 Å². The van der Waals surface area contributed by atoms with Crippen LogP contribution in [0.5, 0.6) is 5.75 Å². The minimum atomic E-state index is -2.88. The molecule has 6 rings (SSSR count). The fourth-order valence-electron chi connectivity index (χ4n) is 6.37. The summed E-state index contributed by atoms with van der Waals surface area (Å²) < 4.78 is 56.3. The third kappa shape index (κ3) is 4.82. The van der Waals surface area contributed by atoms with Crippen LogP contribution >= 0.6 is 11.3 Å². The number of carbonyl (C=O) groups is 2. The average molecular weight is 621 g/mol. The molecule has 0 unspecified atom stereocenters. The van der Waals surface area contributed by atoms with Crippen LogP contribution in [0.4, 0.5) is 17.6 Å². The van der Waals surface area contributed by atoms with Crippen molar-refractivity contribution in [2.45, 2.75) is 50.1 Å². The van der Waals surface area contributed by atoms with Crippen LogP contribution in [-0.4, -0.2) is 80.4 Å². The molecule has 1 aliphatic carbocycles. The highest BCUT2D eigenvalue weighted by Crippen LogP contribution is 2.43. The van der Waals surface area contributed by atoms with E-state index in [-0.39, 0.29) is 47.1 Å². The van der Waals surface area contributed by atoms with Gasteiger partial charge in [-0.25, -0.2) is 17.6 Å². The Kier molecular flexibility index (Phi) is 6.98. The number of aromatic hydroxyl groups is 1. The highest BCUT2D eigenvalue weighted by atomic mass is 32.1. The molecule has 4 heterocycles. The largest absolute Gasteiger partial charge is 0.502 e. The lowest BCUT2D eigenvalue weighted by molar-refractivity contribution is -0.138. The van der Waals surface area contributed by atoms with E-state index in [1.54, 1.807) is 19.1 Å². The molecule has 2 aromatic heterocycles. The molecule has 2 amide bonds. The minimum Gasteiger partial charge on any atom is -0.502 e. The van der Waals surface area contributed by atoms with Crippen molar-refractivity contribution in [3.05, 3.63) is 62.5 Å². The predicted octanol–water partition coefficient (Wildman–Crippen LogP) is 3.35. The van der Waals surface area contributed by atoms with Crippen molar-refractivity contribution >= 4 is 23.2 Å². The molecular formula is C28H28F4N6O4S. The van der Waals surface area contributed by atoms with E-state index in [2.05, 4.69) is 10.2 Å². The van der Waals surface area contributed by atoms with E-state index in [0.29, 0.717) is 30.7 Å². The molecule has 43 heavy (non-hydrogen) atoms. The first-order valence-corrected chi connectivity index (χ1v) is 14.6. The monoisotopic (exact) mass is 620 g/mol. The summed E-state index contributed by atoms with van der Waals surface area (Å²) in [6, 6.07) is 3.19. The summed E-state index contributed by atoms with van der Waals surface area (Å²) in [4.78, 5) is 42.4. The number of hydrogen-bond acceptors (Lipinski definition) is 8. The Labute approximate surface area is 247 Å². The minimum absolute atomic E-state index is 0.00326. The van der Waals surface area contributed by atoms with Gasteiger partial charge in [0.15, 0.2) is 16.5 Å². The van der Waals surface area contributed by atoms with Crippen LogP contribution in [-0.2, 0) is 11.2 Å². The van der Waals surface area contributed by atoms with E-state index in [0.717, 1.165) is 23.5 Å². The van der Waals surface area contributed by atoms with Crippen molar-refractivity contribution < 1.29 is 32.3 Å². The lowest BCUT2D eigenvalue weighted by Crippen LogP contribution is -2.69. The van der Waals surface area contributed by atoms with Crippen LogP contribution in [0.15, 0.2) is 29.2 Å². The topological polar surface area (TPSA) is 112 Å². The normalized spacial score (nSPS) is 23.3. The van der Waals surface area contributed by atoms with Crippen LogP contribution in [0.25, 0.3) is 10.6 Å². The molecule has 2 fully saturated rings. The second kappa shape index (κ2) is 10.3. The van der Waals surface area contributed by atoms with Gasteiger partial charge in [-0.1, -0.05) is 17.4 Å². The number of alkyl halides is 2. The number of aromatic nitrogens is 3. The quantitative estimate of drug-likeness (QED) is 0.446. The van der Waals surface area contributed by atoms with Gasteiger partial charge in [0, 0.05) is 51.7 Å². The third-order valence-electron chi connectivity index (χ3n) is 8.89. The Morgan fingerprint density at radius 1 is 1.12 bits per heavy atom. The van der Waals surface area contributed by atoms with Crippen molar-refractivity contribution in [1.82, 2.24) is 24.7 Å². The molecule has 1 N–H and O–H groups in total. The standard InChI is InChI=1S/C28H28F4N6O4S/c1-35-26(42)21-23(40)22(39)18(24-34-33-20(43-24)11-16-3-4-17(29)12-19(16)30)13-38(21)36(2)28(35)7-5-15(6-8-28)25(41)37-10-9-27(31,32)14-37/h3-4,12-13,15,40H,5-11,14H2,1-2H3. The van der Waals surface area contributed by atoms with Gasteiger partial charge in [-0.05, 0) is 37.3 Å². The van der Waals surface area contributed by atoms with E-state index in [1.807, 2.05) is 0 Å². The molecule has 0 bridgehead atoms. The molecule has 1 saturated heterocycles. The van der Waals surface area contributed by atoms with E-state index in [4.69, 9.17) is 0 Å². The summed E-state index contributed by atoms with van der Waals surface area (Å²) in [6.45, 7) is -0.568. The number of rotatable bonds is 4. The lowest BCUT2D eigenvalue weighted by Gasteiger charge is -2.55. The Balaban J connectivity index is 1.28. The zero-order valence-corrected chi connectivity index (χ0v) is 24.1. The van der Waals surface area contributed by atoms with Crippen LogP contribution in [0, 0.1) is 17.6 Å². The highest BCUT2D eigenvalue weighted by molar-refractivity contribution is 7.14. The molecule has 15 heteroatoms. The molecule has 10 nitrogen and oxygen atoms in total. The molecule has 0 radical (unpaired) electrons. The molecule has 1 aromatic carbocycles. The molecule has 1 spiro atoms. The SMILES string of the molecule is CN1C(=O)c2c(O)c(=O)c(-c3nnc(Cc4ccc(F)cc4F)s3)cn2N(C)C12CCC(C(=O)N1CCC(F)(F)C1)CC2. The maximum absolute atomic E-state index is 14.2. The number of amides is 2. The van der Waals surface area contributed by atoms with Gasteiger partial charge in [0.25, 0.3) is 11.8 Å². The zero-order chi connectivity index (χ0) is 30.8. The van der Waals surface area contributed by atoms with Gasteiger partial charge < -0.3 is 14.9 Å². The number of halogens is 4. The summed E-state index contributed by atoms with van der Waals surface area (Å²) in [6.07, 6.45) is 2.46. The molecule has 228 valence electrons. The van der Waals surface area contributed by atoms with Gasteiger partial charge in [0.2, 0.25) is 11.3 Å². The Morgan fingerprint density at radius 2 is 1.84 bits per heavy atom. The van der Waals surface area contributed by atoms with Crippen molar-refractivity contribution in [2.75, 3.05) is 32.2 Å². The Bertz CT molecular complexity index is 1690. The first-order valence-electron chi connectivity index (χ1n) is 13.8. The lowest BCUT2D eigenvalue weighted by atomic mass is 9.79. The summed E-state index contributed by atoms with van der Waals surface area (Å²) in [7, 11) is 3.26. The fourth-order valence-corrected chi connectivity index (χ4v) is 7.24. The summed E-state index contributed by atoms with van der Waals surface area (Å²) in [5, 5.41) is 21.2. The molecule has 2 aliphatic heterocycles. The number of fused-ring (bicyclic) bond motifs is 1. The maximum atomic E-state index is 14.2. The third-order valence-corrected chi connectivity index (χ3v) is 9.85. The van der Waals surface area contributed by atoms with E-state index >= 15 is 0 Å². The van der Waals surface area contributed by atoms with Gasteiger partial charge in [-0.3, -0.25) is 24.1 Å². The number of carbonyl (C=O) groups excluding carboxylic acids is 2. The maximum Gasteiger partial charge on any atom is 0.278 e. The molecule has 0 atom stereocenters. The number of benzene rings is 1. The second-order valence-corrected chi connectivity index (χ2v) is 12.4. The number of likely N-dealkylation sites (tertiary alicyclic amines) is 1. The van der Waals surface area contributed by atoms with Crippen LogP contribution in [0.1, 0.15) is 53.2 Å². The fraction of sp³-hybridized carbons (Fsp3) is 0.464. The zero-order valence-electron chi connectivity index (χ0n) is 23.3. The van der Waals surface area contributed by atoms with Gasteiger partial charge in [-0.15, -0.1) is 10.2 Å². The summed E-state index contributed by atoms with van der Waals surface area (Å²) in [5.41, 5.74) is -1.81. The Morgan fingerprint density at radius 3 is 2.49 bits per heavy atom. The van der Waals surface area contributed by atoms with Crippen molar-refractivity contribution in [2.24, 2.45) is 5.92 Å². The van der Waals surface area contributed by atoms with Crippen LogP contribution in [0.2, 0.25) is 0 Å². The van der Waals surface area contributed by atoms with Crippen molar-refractivity contribution in [1.29, 1.82) is 0 Å². The molecular weight excluding hydrogens is 592 g/mol. The van der Waals surface area contributed by atoms with E-state index < -0.39 is 52.8 Å². The summed E-state index contributed by atoms with van der Waals surface area (Å²) in [5.74, 6) is -6.46. The Hall–Kier alpha value is -4.01. The van der Waals surface area contributed by atoms with E-state index in [1.165, 1.54) is 26.7 Å². The predicted molar refractivity (Wildman–Crippen MR) is 148 cm³/mol. The van der Waals surface area contributed by atoms with Gasteiger partial charge in [0.05, 0.1) is 12.1 Å². The highest BCUT2D eigenvalue weighted by Gasteiger charge is 2.52. The molecule has 3 aliphatic rings. The smallest absolute Gasteiger partial charge is 0.278 e. The number of hydrogen-bond donors (Lipinski definition) is 1.